The molecule has 0 aliphatic heterocycles. The molecule has 0 spiro atoms. The lowest BCUT2D eigenvalue weighted by Gasteiger charge is -2.31. The highest BCUT2D eigenvalue weighted by atomic mass is 16.4. The molecule has 2 rings (SSSR count). The largest absolute Gasteiger partial charge is 0.476 e. The van der Waals surface area contributed by atoms with Gasteiger partial charge in [-0.15, -0.1) is 5.10 Å². The third-order valence-corrected chi connectivity index (χ3v) is 3.66. The van der Waals surface area contributed by atoms with Gasteiger partial charge in [0, 0.05) is 6.54 Å². The molecule has 6 heteroatoms. The van der Waals surface area contributed by atoms with Gasteiger partial charge in [0.15, 0.2) is 5.69 Å². The number of hydrogen-bond donors (Lipinski definition) is 2. The van der Waals surface area contributed by atoms with E-state index in [1.807, 2.05) is 0 Å². The molecule has 1 heterocycles. The molecule has 1 aromatic heterocycles. The Morgan fingerprint density at radius 1 is 1.39 bits per heavy atom. The van der Waals surface area contributed by atoms with E-state index >= 15 is 0 Å². The summed E-state index contributed by atoms with van der Waals surface area (Å²) in [5.41, 5.74) is 6.03. The normalized spacial score (nSPS) is 28.3. The monoisotopic (exact) mass is 252 g/mol. The number of hydrogen-bond acceptors (Lipinski definition) is 4. The maximum Gasteiger partial charge on any atom is 0.356 e. The van der Waals surface area contributed by atoms with Crippen LogP contribution in [0.3, 0.4) is 0 Å². The highest BCUT2D eigenvalue weighted by molar-refractivity contribution is 5.86. The van der Waals surface area contributed by atoms with E-state index in [-0.39, 0.29) is 18.3 Å². The second kappa shape index (κ2) is 5.06. The van der Waals surface area contributed by atoms with Crippen molar-refractivity contribution < 1.29 is 9.90 Å². The molecular formula is C12H20N4O2. The van der Waals surface area contributed by atoms with Crippen molar-refractivity contribution in [3.05, 3.63) is 11.4 Å². The van der Waals surface area contributed by atoms with Gasteiger partial charge in [0.1, 0.15) is 5.69 Å². The first-order valence-electron chi connectivity index (χ1n) is 6.40. The molecule has 1 fully saturated rings. The van der Waals surface area contributed by atoms with Crippen molar-refractivity contribution in [1.29, 1.82) is 0 Å². The zero-order valence-electron chi connectivity index (χ0n) is 10.8. The van der Waals surface area contributed by atoms with Gasteiger partial charge in [-0.2, -0.15) is 0 Å². The van der Waals surface area contributed by atoms with Crippen LogP contribution in [0.1, 0.15) is 55.3 Å². The number of nitrogens with two attached hydrogens (primary N) is 1. The molecule has 1 aliphatic carbocycles. The zero-order valence-corrected chi connectivity index (χ0v) is 10.8. The van der Waals surface area contributed by atoms with Crippen LogP contribution in [0.15, 0.2) is 0 Å². The van der Waals surface area contributed by atoms with Crippen LogP contribution in [-0.2, 0) is 6.54 Å². The predicted molar refractivity (Wildman–Crippen MR) is 66.1 cm³/mol. The smallest absolute Gasteiger partial charge is 0.356 e. The van der Waals surface area contributed by atoms with Crippen LogP contribution >= 0.6 is 0 Å². The number of carbonyl (C=O) groups is 1. The standard InChI is InChI=1S/C12H20N4O2/c1-7-3-8(2)5-9(4-7)16-11(12(17)18)10(6-13)14-15-16/h7-9H,3-6,13H2,1-2H3,(H,17,18). The van der Waals surface area contributed by atoms with Gasteiger partial charge in [0.2, 0.25) is 0 Å². The summed E-state index contributed by atoms with van der Waals surface area (Å²) in [5.74, 6) is 0.183. The van der Waals surface area contributed by atoms with E-state index in [0.717, 1.165) is 12.8 Å². The number of rotatable bonds is 3. The van der Waals surface area contributed by atoms with E-state index in [4.69, 9.17) is 5.73 Å². The first-order chi connectivity index (χ1) is 8.52. The lowest BCUT2D eigenvalue weighted by molar-refractivity contribution is 0.0672. The van der Waals surface area contributed by atoms with Crippen molar-refractivity contribution in [3.63, 3.8) is 0 Å². The van der Waals surface area contributed by atoms with Crippen LogP contribution in [-0.4, -0.2) is 26.1 Å². The van der Waals surface area contributed by atoms with Gasteiger partial charge >= 0.3 is 5.97 Å². The molecule has 1 aliphatic rings. The second-order valence-corrected chi connectivity index (χ2v) is 5.41. The Balaban J connectivity index is 2.32. The second-order valence-electron chi connectivity index (χ2n) is 5.41. The Morgan fingerprint density at radius 3 is 2.50 bits per heavy atom. The van der Waals surface area contributed by atoms with Gasteiger partial charge in [0.25, 0.3) is 0 Å². The molecule has 0 amide bonds. The summed E-state index contributed by atoms with van der Waals surface area (Å²) in [7, 11) is 0. The fraction of sp³-hybridized carbons (Fsp3) is 0.750. The molecule has 0 radical (unpaired) electrons. The lowest BCUT2D eigenvalue weighted by atomic mass is 9.80. The average Bonchev–Trinajstić information content (AvgIpc) is 2.71. The summed E-state index contributed by atoms with van der Waals surface area (Å²) >= 11 is 0. The van der Waals surface area contributed by atoms with Gasteiger partial charge < -0.3 is 10.8 Å². The third kappa shape index (κ3) is 2.38. The lowest BCUT2D eigenvalue weighted by Crippen LogP contribution is -2.26. The molecule has 6 nitrogen and oxygen atoms in total. The van der Waals surface area contributed by atoms with Crippen LogP contribution < -0.4 is 5.73 Å². The molecular weight excluding hydrogens is 232 g/mol. The molecule has 0 bridgehead atoms. The van der Waals surface area contributed by atoms with Crippen LogP contribution in [0.5, 0.6) is 0 Å². The van der Waals surface area contributed by atoms with Crippen LogP contribution in [0.2, 0.25) is 0 Å². The number of nitrogens with zero attached hydrogens (tertiary/aromatic N) is 3. The van der Waals surface area contributed by atoms with E-state index in [1.165, 1.54) is 6.42 Å². The van der Waals surface area contributed by atoms with Crippen molar-refractivity contribution in [2.24, 2.45) is 17.6 Å². The molecule has 1 aromatic rings. The fourth-order valence-corrected chi connectivity index (χ4v) is 3.05. The van der Waals surface area contributed by atoms with Gasteiger partial charge in [-0.3, -0.25) is 0 Å². The molecule has 0 aromatic carbocycles. The van der Waals surface area contributed by atoms with E-state index < -0.39 is 5.97 Å². The summed E-state index contributed by atoms with van der Waals surface area (Å²) in [5, 5.41) is 17.2. The summed E-state index contributed by atoms with van der Waals surface area (Å²) in [4.78, 5) is 11.3. The third-order valence-electron chi connectivity index (χ3n) is 3.66. The summed E-state index contributed by atoms with van der Waals surface area (Å²) in [6.45, 7) is 4.51. The Labute approximate surface area is 106 Å². The van der Waals surface area contributed by atoms with Gasteiger partial charge in [0.05, 0.1) is 6.04 Å². The fourth-order valence-electron chi connectivity index (χ4n) is 3.05. The minimum atomic E-state index is -0.994. The highest BCUT2D eigenvalue weighted by Gasteiger charge is 2.30. The maximum absolute atomic E-state index is 11.3. The molecule has 100 valence electrons. The first kappa shape index (κ1) is 13.0. The average molecular weight is 252 g/mol. The summed E-state index contributed by atoms with van der Waals surface area (Å²) in [6.07, 6.45) is 3.10. The Hall–Kier alpha value is -1.43. The molecule has 18 heavy (non-hydrogen) atoms. The molecule has 2 unspecified atom stereocenters. The number of aromatic carboxylic acids is 1. The number of carboxylic acids is 1. The molecule has 3 N–H and O–H groups in total. The van der Waals surface area contributed by atoms with E-state index in [2.05, 4.69) is 24.2 Å². The number of aromatic nitrogens is 3. The minimum Gasteiger partial charge on any atom is -0.476 e. The quantitative estimate of drug-likeness (QED) is 0.848. The van der Waals surface area contributed by atoms with Crippen molar-refractivity contribution >= 4 is 5.97 Å². The van der Waals surface area contributed by atoms with E-state index in [0.29, 0.717) is 17.5 Å². The van der Waals surface area contributed by atoms with E-state index in [1.54, 1.807) is 4.68 Å². The van der Waals surface area contributed by atoms with Crippen LogP contribution in [0.4, 0.5) is 0 Å². The first-order valence-corrected chi connectivity index (χ1v) is 6.40. The van der Waals surface area contributed by atoms with Crippen LogP contribution in [0.25, 0.3) is 0 Å². The van der Waals surface area contributed by atoms with Gasteiger partial charge in [-0.05, 0) is 31.1 Å². The van der Waals surface area contributed by atoms with Crippen LogP contribution in [0, 0.1) is 11.8 Å². The van der Waals surface area contributed by atoms with Crippen molar-refractivity contribution in [3.8, 4) is 0 Å². The topological polar surface area (TPSA) is 94.0 Å². The number of carboxylic acid groups (broad SMARTS) is 1. The zero-order chi connectivity index (χ0) is 13.3. The van der Waals surface area contributed by atoms with Crippen molar-refractivity contribution in [2.45, 2.75) is 45.7 Å². The Bertz CT molecular complexity index is 433. The minimum absolute atomic E-state index is 0.111. The predicted octanol–water partition coefficient (Wildman–Crippen LogP) is 1.43. The van der Waals surface area contributed by atoms with E-state index in [9.17, 15) is 9.90 Å². The summed E-state index contributed by atoms with van der Waals surface area (Å²) in [6, 6.07) is 0.127. The molecule has 2 atom stereocenters. The molecule has 1 saturated carbocycles. The van der Waals surface area contributed by atoms with Gasteiger partial charge in [-0.25, -0.2) is 9.48 Å². The Morgan fingerprint density at radius 2 is 2.00 bits per heavy atom. The van der Waals surface area contributed by atoms with Crippen molar-refractivity contribution in [2.75, 3.05) is 0 Å². The SMILES string of the molecule is CC1CC(C)CC(n2nnc(CN)c2C(=O)O)C1. The van der Waals surface area contributed by atoms with Crippen molar-refractivity contribution in [1.82, 2.24) is 15.0 Å². The molecule has 0 saturated heterocycles. The van der Waals surface area contributed by atoms with Gasteiger partial charge in [-0.1, -0.05) is 19.1 Å². The Kier molecular flexibility index (Phi) is 3.65. The summed E-state index contributed by atoms with van der Waals surface area (Å²) < 4.78 is 1.57. The maximum atomic E-state index is 11.3. The highest BCUT2D eigenvalue weighted by Crippen LogP contribution is 2.36.